The second-order valence-electron chi connectivity index (χ2n) is 8.12. The van der Waals surface area contributed by atoms with Crippen LogP contribution in [0.1, 0.15) is 29.8 Å². The first-order valence-corrected chi connectivity index (χ1v) is 10.7. The van der Waals surface area contributed by atoms with Gasteiger partial charge in [0.15, 0.2) is 23.3 Å². The lowest BCUT2D eigenvalue weighted by atomic mass is 10.1. The molecule has 1 heterocycles. The molecule has 31 heavy (non-hydrogen) atoms. The summed E-state index contributed by atoms with van der Waals surface area (Å²) in [5.41, 5.74) is 2.58. The standard InChI is InChI=1S/C24H31N3O4/c1-17(24(29)25-21-8-6-20(7-9-21)18(2)28)27-13-11-26(12-14-27)16-19-5-10-22(30-3)23(15-19)31-4/h5-10,15,17H,11-14,16H2,1-4H3,(H,25,29)/p+2/t17-/m1/s1. The molecule has 1 amide bonds. The number of piperazine rings is 1. The molecule has 1 aliphatic heterocycles. The maximum Gasteiger partial charge on any atom is 0.282 e. The van der Waals surface area contributed by atoms with Crippen LogP contribution >= 0.6 is 0 Å². The third-order valence-corrected chi connectivity index (χ3v) is 6.07. The summed E-state index contributed by atoms with van der Waals surface area (Å²) in [6.07, 6.45) is 0. The Morgan fingerprint density at radius 1 is 0.968 bits per heavy atom. The molecule has 0 saturated carbocycles. The fourth-order valence-corrected chi connectivity index (χ4v) is 4.04. The third-order valence-electron chi connectivity index (χ3n) is 6.07. The zero-order valence-electron chi connectivity index (χ0n) is 18.8. The van der Waals surface area contributed by atoms with Crippen molar-refractivity contribution in [2.24, 2.45) is 0 Å². The Morgan fingerprint density at radius 2 is 1.61 bits per heavy atom. The lowest BCUT2D eigenvalue weighted by Crippen LogP contribution is -3.29. The number of ether oxygens (including phenoxy) is 2. The van der Waals surface area contributed by atoms with Crippen molar-refractivity contribution in [3.63, 3.8) is 0 Å². The highest BCUT2D eigenvalue weighted by molar-refractivity contribution is 5.96. The van der Waals surface area contributed by atoms with E-state index in [1.807, 2.05) is 19.1 Å². The molecule has 166 valence electrons. The molecule has 0 unspecified atom stereocenters. The first-order chi connectivity index (χ1) is 14.9. The van der Waals surface area contributed by atoms with E-state index in [4.69, 9.17) is 9.47 Å². The van der Waals surface area contributed by atoms with Gasteiger partial charge in [0, 0.05) is 16.8 Å². The van der Waals surface area contributed by atoms with Crippen molar-refractivity contribution in [1.29, 1.82) is 0 Å². The normalized spacial score (nSPS) is 19.4. The largest absolute Gasteiger partial charge is 0.493 e. The Bertz CT molecular complexity index is 906. The van der Waals surface area contributed by atoms with Crippen molar-refractivity contribution in [3.05, 3.63) is 53.6 Å². The van der Waals surface area contributed by atoms with Gasteiger partial charge >= 0.3 is 0 Å². The van der Waals surface area contributed by atoms with Gasteiger partial charge in [0.2, 0.25) is 0 Å². The van der Waals surface area contributed by atoms with Gasteiger partial charge in [0.1, 0.15) is 32.7 Å². The Hall–Kier alpha value is -2.90. The first-order valence-electron chi connectivity index (χ1n) is 10.7. The zero-order valence-corrected chi connectivity index (χ0v) is 18.8. The van der Waals surface area contributed by atoms with Gasteiger partial charge in [-0.2, -0.15) is 0 Å². The summed E-state index contributed by atoms with van der Waals surface area (Å²) in [7, 11) is 3.30. The Labute approximate surface area is 183 Å². The minimum absolute atomic E-state index is 0.00826. The molecule has 0 radical (unpaired) electrons. The number of ketones is 1. The number of anilines is 1. The van der Waals surface area contributed by atoms with Gasteiger partial charge in [0.25, 0.3) is 5.91 Å². The quantitative estimate of drug-likeness (QED) is 0.527. The van der Waals surface area contributed by atoms with Gasteiger partial charge in [-0.15, -0.1) is 0 Å². The average Bonchev–Trinajstić information content (AvgIpc) is 2.79. The predicted octanol–water partition coefficient (Wildman–Crippen LogP) is 0.217. The molecule has 0 aliphatic carbocycles. The molecule has 2 aromatic carbocycles. The van der Waals surface area contributed by atoms with E-state index in [2.05, 4.69) is 11.4 Å². The number of quaternary nitrogens is 2. The number of nitrogens with one attached hydrogen (secondary N) is 3. The molecule has 1 aliphatic rings. The highest BCUT2D eigenvalue weighted by Gasteiger charge is 2.31. The second kappa shape index (κ2) is 10.4. The number of methoxy groups -OCH3 is 2. The van der Waals surface area contributed by atoms with Crippen LogP contribution in [0.4, 0.5) is 5.69 Å². The summed E-state index contributed by atoms with van der Waals surface area (Å²) in [5, 5.41) is 2.98. The number of rotatable bonds is 8. The average molecular weight is 428 g/mol. The molecular formula is C24H33N3O4+2. The molecule has 2 aromatic rings. The number of benzene rings is 2. The second-order valence-corrected chi connectivity index (χ2v) is 8.12. The molecule has 3 rings (SSSR count). The van der Waals surface area contributed by atoms with Crippen molar-refractivity contribution in [1.82, 2.24) is 0 Å². The van der Waals surface area contributed by atoms with Crippen LogP contribution in [0.3, 0.4) is 0 Å². The van der Waals surface area contributed by atoms with Crippen LogP contribution in [0.25, 0.3) is 0 Å². The molecule has 0 bridgehead atoms. The van der Waals surface area contributed by atoms with Crippen molar-refractivity contribution >= 4 is 17.4 Å². The van der Waals surface area contributed by atoms with Crippen molar-refractivity contribution in [2.75, 3.05) is 45.7 Å². The van der Waals surface area contributed by atoms with Crippen LogP contribution in [0, 0.1) is 0 Å². The lowest BCUT2D eigenvalue weighted by molar-refractivity contribution is -1.02. The highest BCUT2D eigenvalue weighted by atomic mass is 16.5. The minimum atomic E-state index is -0.130. The summed E-state index contributed by atoms with van der Waals surface area (Å²) < 4.78 is 10.7. The van der Waals surface area contributed by atoms with Gasteiger partial charge in [-0.05, 0) is 56.3 Å². The van der Waals surface area contributed by atoms with Crippen LogP contribution in [0.5, 0.6) is 11.5 Å². The van der Waals surface area contributed by atoms with Crippen LogP contribution in [-0.4, -0.2) is 58.1 Å². The maximum absolute atomic E-state index is 12.7. The number of carbonyl (C=O) groups excluding carboxylic acids is 2. The van der Waals surface area contributed by atoms with Gasteiger partial charge < -0.3 is 24.6 Å². The Kier molecular flexibility index (Phi) is 7.65. The van der Waals surface area contributed by atoms with Crippen LogP contribution in [-0.2, 0) is 11.3 Å². The number of Topliss-reactive ketones (excluding diaryl/α,β-unsaturated/α-hetero) is 1. The molecule has 0 spiro atoms. The van der Waals surface area contributed by atoms with E-state index in [0.29, 0.717) is 5.56 Å². The SMILES string of the molecule is COc1ccc(C[NH+]2CC[NH+]([C@H](C)C(=O)Nc3ccc(C(C)=O)cc3)CC2)cc1OC. The molecule has 1 saturated heterocycles. The Balaban J connectivity index is 1.50. The number of carbonyl (C=O) groups is 2. The molecule has 0 aromatic heterocycles. The van der Waals surface area contributed by atoms with E-state index in [-0.39, 0.29) is 17.7 Å². The van der Waals surface area contributed by atoms with Crippen molar-refractivity contribution in [3.8, 4) is 11.5 Å². The number of hydrogen-bond donors (Lipinski definition) is 3. The van der Waals surface area contributed by atoms with Gasteiger partial charge in [-0.1, -0.05) is 0 Å². The van der Waals surface area contributed by atoms with E-state index >= 15 is 0 Å². The molecule has 7 nitrogen and oxygen atoms in total. The fraction of sp³-hybridized carbons (Fsp3) is 0.417. The van der Waals surface area contributed by atoms with Crippen molar-refractivity contribution < 1.29 is 28.9 Å². The Morgan fingerprint density at radius 3 is 2.19 bits per heavy atom. The summed E-state index contributed by atoms with van der Waals surface area (Å²) in [5.74, 6) is 1.52. The molecule has 3 N–H and O–H groups in total. The van der Waals surface area contributed by atoms with Gasteiger partial charge in [-0.3, -0.25) is 9.59 Å². The molecule has 1 atom stereocenters. The van der Waals surface area contributed by atoms with Gasteiger partial charge in [-0.25, -0.2) is 0 Å². The smallest absolute Gasteiger partial charge is 0.282 e. The van der Waals surface area contributed by atoms with Gasteiger partial charge in [0.05, 0.1) is 14.2 Å². The van der Waals surface area contributed by atoms with E-state index in [1.165, 1.54) is 22.3 Å². The number of amides is 1. The van der Waals surface area contributed by atoms with Crippen LogP contribution in [0.2, 0.25) is 0 Å². The molecular weight excluding hydrogens is 394 g/mol. The van der Waals surface area contributed by atoms with Crippen LogP contribution in [0.15, 0.2) is 42.5 Å². The minimum Gasteiger partial charge on any atom is -0.493 e. The highest BCUT2D eigenvalue weighted by Crippen LogP contribution is 2.27. The summed E-state index contributed by atoms with van der Waals surface area (Å²) >= 11 is 0. The van der Waals surface area contributed by atoms with Crippen LogP contribution < -0.4 is 24.6 Å². The monoisotopic (exact) mass is 427 g/mol. The summed E-state index contributed by atoms with van der Waals surface area (Å²) in [4.78, 5) is 26.9. The van der Waals surface area contributed by atoms with E-state index < -0.39 is 0 Å². The number of hydrogen-bond acceptors (Lipinski definition) is 4. The van der Waals surface area contributed by atoms with E-state index in [9.17, 15) is 9.59 Å². The zero-order chi connectivity index (χ0) is 22.4. The summed E-state index contributed by atoms with van der Waals surface area (Å²) in [6.45, 7) is 8.35. The fourth-order valence-electron chi connectivity index (χ4n) is 4.04. The molecule has 7 heteroatoms. The first kappa shape index (κ1) is 22.8. The third kappa shape index (κ3) is 5.83. The molecule has 1 fully saturated rings. The topological polar surface area (TPSA) is 73.5 Å². The predicted molar refractivity (Wildman–Crippen MR) is 119 cm³/mol. The van der Waals surface area contributed by atoms with E-state index in [0.717, 1.165) is 49.9 Å². The summed E-state index contributed by atoms with van der Waals surface area (Å²) in [6, 6.07) is 13.0. The lowest BCUT2D eigenvalue weighted by Gasteiger charge is -2.32. The van der Waals surface area contributed by atoms with E-state index in [1.54, 1.807) is 38.5 Å². The van der Waals surface area contributed by atoms with Crippen molar-refractivity contribution in [2.45, 2.75) is 26.4 Å². The maximum atomic E-state index is 12.7.